The first kappa shape index (κ1) is 15.3. The molecule has 24 heavy (non-hydrogen) atoms. The number of aromatic nitrogens is 1. The van der Waals surface area contributed by atoms with Gasteiger partial charge in [-0.05, 0) is 48.6 Å². The summed E-state index contributed by atoms with van der Waals surface area (Å²) in [5.74, 6) is 1.81. The van der Waals surface area contributed by atoms with Gasteiger partial charge in [0.05, 0.1) is 11.6 Å². The van der Waals surface area contributed by atoms with Crippen LogP contribution < -0.4 is 14.8 Å². The summed E-state index contributed by atoms with van der Waals surface area (Å²) in [6.07, 6.45) is 3.71. The third-order valence-corrected chi connectivity index (χ3v) is 4.52. The highest BCUT2D eigenvalue weighted by Gasteiger charge is 2.34. The highest BCUT2D eigenvalue weighted by atomic mass is 35.5. The maximum Gasteiger partial charge on any atom is 0.253 e. The van der Waals surface area contributed by atoms with Crippen LogP contribution in [0.3, 0.4) is 0 Å². The van der Waals surface area contributed by atoms with Crippen LogP contribution in [0.4, 0.5) is 0 Å². The highest BCUT2D eigenvalue weighted by molar-refractivity contribution is 6.29. The molecule has 1 fully saturated rings. The molecule has 2 aromatic rings. The summed E-state index contributed by atoms with van der Waals surface area (Å²) >= 11 is 5.78. The van der Waals surface area contributed by atoms with Gasteiger partial charge in [0.1, 0.15) is 18.4 Å². The lowest BCUT2D eigenvalue weighted by atomic mass is 10.0. The largest absolute Gasteiger partial charge is 0.486 e. The summed E-state index contributed by atoms with van der Waals surface area (Å²) in [5.41, 5.74) is 1.54. The van der Waals surface area contributed by atoms with Gasteiger partial charge in [-0.2, -0.15) is 0 Å². The summed E-state index contributed by atoms with van der Waals surface area (Å²) in [5, 5.41) is 3.49. The van der Waals surface area contributed by atoms with Crippen molar-refractivity contribution in [2.24, 2.45) is 5.92 Å². The maximum atomic E-state index is 12.5. The topological polar surface area (TPSA) is 60.5 Å². The normalized spacial score (nSPS) is 17.2. The molecule has 1 aromatic heterocycles. The number of ether oxygens (including phenoxy) is 2. The number of amides is 1. The molecular weight excluding hydrogens is 328 g/mol. The van der Waals surface area contributed by atoms with Gasteiger partial charge in [-0.15, -0.1) is 0 Å². The molecule has 1 N–H and O–H groups in total. The number of nitrogens with one attached hydrogen (secondary N) is 1. The SMILES string of the molecule is O=C(NC(c1ccc2c(c1)OCCO2)C1CC1)c1ccc(Cl)nc1. The minimum atomic E-state index is -0.147. The zero-order chi connectivity index (χ0) is 16.5. The molecule has 0 radical (unpaired) electrons. The monoisotopic (exact) mass is 344 g/mol. The van der Waals surface area contributed by atoms with E-state index in [1.54, 1.807) is 12.1 Å². The van der Waals surface area contributed by atoms with Crippen LogP contribution in [-0.2, 0) is 0 Å². The van der Waals surface area contributed by atoms with E-state index in [4.69, 9.17) is 21.1 Å². The molecule has 0 bridgehead atoms. The quantitative estimate of drug-likeness (QED) is 0.864. The van der Waals surface area contributed by atoms with E-state index in [1.807, 2.05) is 18.2 Å². The Labute approximate surface area is 144 Å². The lowest BCUT2D eigenvalue weighted by Crippen LogP contribution is -2.30. The van der Waals surface area contributed by atoms with Crippen molar-refractivity contribution in [2.45, 2.75) is 18.9 Å². The number of fused-ring (bicyclic) bond motifs is 1. The first-order chi connectivity index (χ1) is 11.7. The number of hydrogen-bond donors (Lipinski definition) is 1. The van der Waals surface area contributed by atoms with Crippen LogP contribution >= 0.6 is 11.6 Å². The lowest BCUT2D eigenvalue weighted by molar-refractivity contribution is 0.0931. The second-order valence-electron chi connectivity index (χ2n) is 6.06. The fourth-order valence-corrected chi connectivity index (χ4v) is 3.00. The van der Waals surface area contributed by atoms with E-state index in [-0.39, 0.29) is 11.9 Å². The molecule has 1 amide bonds. The van der Waals surface area contributed by atoms with Crippen LogP contribution in [0.1, 0.15) is 34.8 Å². The van der Waals surface area contributed by atoms with Gasteiger partial charge in [0, 0.05) is 6.20 Å². The first-order valence-corrected chi connectivity index (χ1v) is 8.40. The molecule has 0 saturated heterocycles. The van der Waals surface area contributed by atoms with Gasteiger partial charge in [-0.25, -0.2) is 4.98 Å². The Hall–Kier alpha value is -2.27. The van der Waals surface area contributed by atoms with Crippen LogP contribution in [-0.4, -0.2) is 24.1 Å². The Morgan fingerprint density at radius 3 is 2.67 bits per heavy atom. The van der Waals surface area contributed by atoms with Crippen LogP contribution in [0.5, 0.6) is 11.5 Å². The van der Waals surface area contributed by atoms with Gasteiger partial charge < -0.3 is 14.8 Å². The molecule has 2 heterocycles. The van der Waals surface area contributed by atoms with Gasteiger partial charge in [-0.1, -0.05) is 17.7 Å². The molecule has 0 spiro atoms. The molecule has 5 nitrogen and oxygen atoms in total. The zero-order valence-electron chi connectivity index (χ0n) is 13.0. The molecule has 6 heteroatoms. The number of nitrogens with zero attached hydrogens (tertiary/aromatic N) is 1. The van der Waals surface area contributed by atoms with Crippen LogP contribution in [0.25, 0.3) is 0 Å². The number of hydrogen-bond acceptors (Lipinski definition) is 4. The summed E-state index contributed by atoms with van der Waals surface area (Å²) in [4.78, 5) is 16.5. The van der Waals surface area contributed by atoms with Crippen molar-refractivity contribution in [1.29, 1.82) is 0 Å². The standard InChI is InChI=1S/C18H17ClN2O3/c19-16-6-4-13(10-20-16)18(22)21-17(11-1-2-11)12-3-5-14-15(9-12)24-8-7-23-14/h3-6,9-11,17H,1-2,7-8H2,(H,21,22). The lowest BCUT2D eigenvalue weighted by Gasteiger charge is -2.23. The third-order valence-electron chi connectivity index (χ3n) is 4.29. The van der Waals surface area contributed by atoms with E-state index in [0.29, 0.717) is 29.8 Å². The van der Waals surface area contributed by atoms with Crippen molar-refractivity contribution in [3.05, 3.63) is 52.8 Å². The summed E-state index contributed by atoms with van der Waals surface area (Å²) < 4.78 is 11.2. The molecule has 4 rings (SSSR count). The zero-order valence-corrected chi connectivity index (χ0v) is 13.8. The van der Waals surface area contributed by atoms with Gasteiger partial charge >= 0.3 is 0 Å². The second kappa shape index (κ2) is 6.32. The molecule has 1 aliphatic carbocycles. The number of carbonyl (C=O) groups excluding carboxylic acids is 1. The molecule has 1 aliphatic heterocycles. The fourth-order valence-electron chi connectivity index (χ4n) is 2.89. The highest BCUT2D eigenvalue weighted by Crippen LogP contribution is 2.43. The fraction of sp³-hybridized carbons (Fsp3) is 0.333. The predicted octanol–water partition coefficient (Wildman–Crippen LogP) is 3.39. The molecule has 2 aliphatic rings. The van der Waals surface area contributed by atoms with E-state index >= 15 is 0 Å². The van der Waals surface area contributed by atoms with Crippen molar-refractivity contribution in [3.63, 3.8) is 0 Å². The minimum Gasteiger partial charge on any atom is -0.486 e. The third kappa shape index (κ3) is 3.17. The average molecular weight is 345 g/mol. The predicted molar refractivity (Wildman–Crippen MR) is 89.6 cm³/mol. The Bertz CT molecular complexity index is 759. The van der Waals surface area contributed by atoms with Gasteiger partial charge in [0.25, 0.3) is 5.91 Å². The van der Waals surface area contributed by atoms with Crippen LogP contribution in [0.2, 0.25) is 5.15 Å². The smallest absolute Gasteiger partial charge is 0.253 e. The Morgan fingerprint density at radius 1 is 1.17 bits per heavy atom. The van der Waals surface area contributed by atoms with E-state index in [2.05, 4.69) is 10.3 Å². The molecule has 1 saturated carbocycles. The number of carbonyl (C=O) groups is 1. The Morgan fingerprint density at radius 2 is 1.96 bits per heavy atom. The number of pyridine rings is 1. The summed E-state index contributed by atoms with van der Waals surface area (Å²) in [6.45, 7) is 1.12. The number of benzene rings is 1. The Balaban J connectivity index is 1.56. The maximum absolute atomic E-state index is 12.5. The Kier molecular flexibility index (Phi) is 4.02. The van der Waals surface area contributed by atoms with Crippen molar-refractivity contribution in [1.82, 2.24) is 10.3 Å². The van der Waals surface area contributed by atoms with E-state index in [1.165, 1.54) is 6.20 Å². The van der Waals surface area contributed by atoms with Crippen molar-refractivity contribution in [2.75, 3.05) is 13.2 Å². The van der Waals surface area contributed by atoms with Crippen molar-refractivity contribution in [3.8, 4) is 11.5 Å². The van der Waals surface area contributed by atoms with Crippen LogP contribution in [0, 0.1) is 5.92 Å². The average Bonchev–Trinajstić information content (AvgIpc) is 3.44. The van der Waals surface area contributed by atoms with E-state index < -0.39 is 0 Å². The van der Waals surface area contributed by atoms with Crippen molar-refractivity contribution < 1.29 is 14.3 Å². The van der Waals surface area contributed by atoms with Gasteiger partial charge in [0.15, 0.2) is 11.5 Å². The summed E-state index contributed by atoms with van der Waals surface area (Å²) in [6, 6.07) is 9.14. The molecule has 124 valence electrons. The van der Waals surface area contributed by atoms with Gasteiger partial charge in [-0.3, -0.25) is 4.79 Å². The first-order valence-electron chi connectivity index (χ1n) is 8.03. The number of halogens is 1. The second-order valence-corrected chi connectivity index (χ2v) is 6.45. The molecular formula is C18H17ClN2O3. The minimum absolute atomic E-state index is 0.0380. The van der Waals surface area contributed by atoms with E-state index in [9.17, 15) is 4.79 Å². The molecule has 1 aromatic carbocycles. The molecule has 1 atom stereocenters. The van der Waals surface area contributed by atoms with Crippen LogP contribution in [0.15, 0.2) is 36.5 Å². The van der Waals surface area contributed by atoms with Crippen molar-refractivity contribution >= 4 is 17.5 Å². The van der Waals surface area contributed by atoms with E-state index in [0.717, 1.165) is 29.9 Å². The number of rotatable bonds is 4. The van der Waals surface area contributed by atoms with Gasteiger partial charge in [0.2, 0.25) is 0 Å². The molecule has 1 unspecified atom stereocenters. The summed E-state index contributed by atoms with van der Waals surface area (Å²) in [7, 11) is 0.